The van der Waals surface area contributed by atoms with Crippen LogP contribution in [0, 0.1) is 0 Å². The Balaban J connectivity index is 2.22. The maximum absolute atomic E-state index is 11.9. The summed E-state index contributed by atoms with van der Waals surface area (Å²) in [5, 5.41) is 2.79. The standard InChI is InChI=1S/C12H8Br2N2O/c13-8-4-5-9(14)11(7-8)16-12(17)10-3-1-2-6-15-10/h1-7H,(H,16,17). The molecule has 1 N–H and O–H groups in total. The summed E-state index contributed by atoms with van der Waals surface area (Å²) in [7, 11) is 0. The minimum atomic E-state index is -0.232. The zero-order chi connectivity index (χ0) is 12.3. The Morgan fingerprint density at radius 3 is 2.71 bits per heavy atom. The van der Waals surface area contributed by atoms with E-state index in [0.717, 1.165) is 8.95 Å². The van der Waals surface area contributed by atoms with Crippen molar-refractivity contribution in [3.8, 4) is 0 Å². The van der Waals surface area contributed by atoms with Crippen LogP contribution in [-0.4, -0.2) is 10.9 Å². The minimum Gasteiger partial charge on any atom is -0.320 e. The van der Waals surface area contributed by atoms with Crippen LogP contribution in [0.2, 0.25) is 0 Å². The molecule has 1 aromatic heterocycles. The lowest BCUT2D eigenvalue weighted by molar-refractivity contribution is 0.102. The summed E-state index contributed by atoms with van der Waals surface area (Å²) >= 11 is 6.73. The predicted octanol–water partition coefficient (Wildman–Crippen LogP) is 3.86. The fourth-order valence-electron chi connectivity index (χ4n) is 1.28. The molecule has 1 aromatic carbocycles. The molecule has 0 radical (unpaired) electrons. The van der Waals surface area contributed by atoms with E-state index in [9.17, 15) is 4.79 Å². The number of anilines is 1. The molecule has 0 bridgehead atoms. The van der Waals surface area contributed by atoms with Crippen LogP contribution >= 0.6 is 31.9 Å². The Bertz CT molecular complexity index is 543. The molecule has 0 atom stereocenters. The van der Waals surface area contributed by atoms with E-state index in [2.05, 4.69) is 42.2 Å². The van der Waals surface area contributed by atoms with Crippen molar-refractivity contribution in [1.29, 1.82) is 0 Å². The molecule has 0 saturated heterocycles. The lowest BCUT2D eigenvalue weighted by atomic mass is 10.3. The van der Waals surface area contributed by atoms with Crippen LogP contribution in [0.25, 0.3) is 0 Å². The number of hydrogen-bond acceptors (Lipinski definition) is 2. The molecule has 0 aliphatic heterocycles. The minimum absolute atomic E-state index is 0.232. The molecule has 2 aromatic rings. The Kier molecular flexibility index (Phi) is 3.91. The fourth-order valence-corrected chi connectivity index (χ4v) is 1.98. The van der Waals surface area contributed by atoms with Crippen molar-refractivity contribution in [3.63, 3.8) is 0 Å². The zero-order valence-corrected chi connectivity index (χ0v) is 11.8. The first-order valence-electron chi connectivity index (χ1n) is 4.84. The summed E-state index contributed by atoms with van der Waals surface area (Å²) in [5.41, 5.74) is 1.09. The van der Waals surface area contributed by atoms with Crippen molar-refractivity contribution < 1.29 is 4.79 Å². The average Bonchev–Trinajstić information content (AvgIpc) is 2.35. The van der Waals surface area contributed by atoms with Gasteiger partial charge < -0.3 is 5.32 Å². The lowest BCUT2D eigenvalue weighted by Gasteiger charge is -2.07. The third kappa shape index (κ3) is 3.14. The number of carbonyl (C=O) groups is 1. The molecule has 1 heterocycles. The predicted molar refractivity (Wildman–Crippen MR) is 74.0 cm³/mol. The molecule has 0 unspecified atom stereocenters. The van der Waals surface area contributed by atoms with E-state index in [4.69, 9.17) is 0 Å². The number of carbonyl (C=O) groups excluding carboxylic acids is 1. The largest absolute Gasteiger partial charge is 0.320 e. The second-order valence-electron chi connectivity index (χ2n) is 3.29. The van der Waals surface area contributed by atoms with Crippen LogP contribution in [-0.2, 0) is 0 Å². The maximum Gasteiger partial charge on any atom is 0.274 e. The first-order chi connectivity index (χ1) is 8.16. The summed E-state index contributed by atoms with van der Waals surface area (Å²) < 4.78 is 1.72. The number of benzene rings is 1. The number of nitrogens with one attached hydrogen (secondary N) is 1. The van der Waals surface area contributed by atoms with Crippen molar-refractivity contribution >= 4 is 43.5 Å². The fraction of sp³-hybridized carbons (Fsp3) is 0. The van der Waals surface area contributed by atoms with E-state index in [1.54, 1.807) is 24.4 Å². The van der Waals surface area contributed by atoms with Gasteiger partial charge in [-0.05, 0) is 46.3 Å². The Hall–Kier alpha value is -1.20. The molecule has 0 fully saturated rings. The Labute approximate surface area is 116 Å². The monoisotopic (exact) mass is 354 g/mol. The van der Waals surface area contributed by atoms with Gasteiger partial charge in [0.05, 0.1) is 5.69 Å². The van der Waals surface area contributed by atoms with Gasteiger partial charge in [-0.1, -0.05) is 22.0 Å². The third-order valence-electron chi connectivity index (χ3n) is 2.07. The topological polar surface area (TPSA) is 42.0 Å². The SMILES string of the molecule is O=C(Nc1cc(Br)ccc1Br)c1ccccn1. The highest BCUT2D eigenvalue weighted by molar-refractivity contribution is 9.11. The highest BCUT2D eigenvalue weighted by atomic mass is 79.9. The van der Waals surface area contributed by atoms with Crippen LogP contribution in [0.3, 0.4) is 0 Å². The summed E-state index contributed by atoms with van der Waals surface area (Å²) in [6.45, 7) is 0. The van der Waals surface area contributed by atoms with Crippen molar-refractivity contribution in [2.45, 2.75) is 0 Å². The molecular weight excluding hydrogens is 348 g/mol. The van der Waals surface area contributed by atoms with Crippen molar-refractivity contribution in [2.75, 3.05) is 5.32 Å². The molecule has 86 valence electrons. The molecule has 0 spiro atoms. The van der Waals surface area contributed by atoms with Crippen LogP contribution in [0.5, 0.6) is 0 Å². The second kappa shape index (κ2) is 5.42. The molecule has 0 saturated carbocycles. The van der Waals surface area contributed by atoms with Crippen LogP contribution in [0.1, 0.15) is 10.5 Å². The number of hydrogen-bond donors (Lipinski definition) is 1. The molecule has 5 heteroatoms. The van der Waals surface area contributed by atoms with Gasteiger partial charge in [-0.3, -0.25) is 9.78 Å². The summed E-state index contributed by atoms with van der Waals surface area (Å²) in [5.74, 6) is -0.232. The van der Waals surface area contributed by atoms with E-state index < -0.39 is 0 Å². The number of nitrogens with zero attached hydrogens (tertiary/aromatic N) is 1. The first-order valence-corrected chi connectivity index (χ1v) is 6.43. The number of rotatable bonds is 2. The number of aromatic nitrogens is 1. The molecular formula is C12H8Br2N2O. The highest BCUT2D eigenvalue weighted by Gasteiger charge is 2.09. The van der Waals surface area contributed by atoms with E-state index in [0.29, 0.717) is 11.4 Å². The van der Waals surface area contributed by atoms with Crippen molar-refractivity contribution in [3.05, 3.63) is 57.2 Å². The van der Waals surface area contributed by atoms with Gasteiger partial charge in [0, 0.05) is 15.1 Å². The van der Waals surface area contributed by atoms with Gasteiger partial charge in [-0.25, -0.2) is 0 Å². The van der Waals surface area contributed by atoms with E-state index in [-0.39, 0.29) is 5.91 Å². The Morgan fingerprint density at radius 1 is 1.18 bits per heavy atom. The molecule has 17 heavy (non-hydrogen) atoms. The van der Waals surface area contributed by atoms with Gasteiger partial charge in [-0.15, -0.1) is 0 Å². The van der Waals surface area contributed by atoms with Gasteiger partial charge in [0.15, 0.2) is 0 Å². The molecule has 3 nitrogen and oxygen atoms in total. The average molecular weight is 356 g/mol. The molecule has 0 aliphatic carbocycles. The van der Waals surface area contributed by atoms with Gasteiger partial charge in [-0.2, -0.15) is 0 Å². The quantitative estimate of drug-likeness (QED) is 0.888. The maximum atomic E-state index is 11.9. The lowest BCUT2D eigenvalue weighted by Crippen LogP contribution is -2.13. The normalized spacial score (nSPS) is 10.0. The van der Waals surface area contributed by atoms with E-state index in [1.807, 2.05) is 18.2 Å². The first kappa shape index (κ1) is 12.3. The zero-order valence-electron chi connectivity index (χ0n) is 8.65. The van der Waals surface area contributed by atoms with Crippen LogP contribution in [0.15, 0.2) is 51.5 Å². The number of halogens is 2. The van der Waals surface area contributed by atoms with Crippen LogP contribution < -0.4 is 5.32 Å². The smallest absolute Gasteiger partial charge is 0.274 e. The van der Waals surface area contributed by atoms with E-state index in [1.165, 1.54) is 0 Å². The number of amides is 1. The summed E-state index contributed by atoms with van der Waals surface area (Å²) in [4.78, 5) is 15.9. The van der Waals surface area contributed by atoms with Crippen molar-refractivity contribution in [1.82, 2.24) is 4.98 Å². The Morgan fingerprint density at radius 2 is 2.00 bits per heavy atom. The molecule has 0 aliphatic rings. The molecule has 1 amide bonds. The summed E-state index contributed by atoms with van der Waals surface area (Å²) in [6.07, 6.45) is 1.59. The van der Waals surface area contributed by atoms with Gasteiger partial charge in [0.1, 0.15) is 5.69 Å². The highest BCUT2D eigenvalue weighted by Crippen LogP contribution is 2.26. The summed E-state index contributed by atoms with van der Waals surface area (Å²) in [6, 6.07) is 10.8. The second-order valence-corrected chi connectivity index (χ2v) is 5.06. The van der Waals surface area contributed by atoms with Gasteiger partial charge >= 0.3 is 0 Å². The molecule has 2 rings (SSSR count). The van der Waals surface area contributed by atoms with Crippen LogP contribution in [0.4, 0.5) is 5.69 Å². The van der Waals surface area contributed by atoms with E-state index >= 15 is 0 Å². The third-order valence-corrected chi connectivity index (χ3v) is 3.26. The van der Waals surface area contributed by atoms with Gasteiger partial charge in [0.2, 0.25) is 0 Å². The van der Waals surface area contributed by atoms with Gasteiger partial charge in [0.25, 0.3) is 5.91 Å². The number of pyridine rings is 1. The van der Waals surface area contributed by atoms with Crippen molar-refractivity contribution in [2.24, 2.45) is 0 Å².